The predicted octanol–water partition coefficient (Wildman–Crippen LogP) is 4.74. The molecular formula is C23H19BrN2O4S. The maximum Gasteiger partial charge on any atom is 0.336 e. The third-order valence-corrected chi connectivity index (χ3v) is 6.90. The largest absolute Gasteiger partial charge is 0.423 e. The minimum atomic E-state index is -0.399. The van der Waals surface area contributed by atoms with E-state index in [0.29, 0.717) is 33.9 Å². The van der Waals surface area contributed by atoms with Gasteiger partial charge in [-0.2, -0.15) is 0 Å². The molecule has 31 heavy (non-hydrogen) atoms. The molecule has 6 nitrogen and oxygen atoms in total. The number of aromatic nitrogens is 2. The van der Waals surface area contributed by atoms with Gasteiger partial charge < -0.3 is 9.15 Å². The quantitative estimate of drug-likeness (QED) is 0.225. The third kappa shape index (κ3) is 4.20. The van der Waals surface area contributed by atoms with Crippen molar-refractivity contribution in [2.24, 2.45) is 0 Å². The Balaban J connectivity index is 1.55. The molecule has 1 aliphatic heterocycles. The summed E-state index contributed by atoms with van der Waals surface area (Å²) >= 11 is 4.86. The van der Waals surface area contributed by atoms with Crippen LogP contribution < -0.4 is 11.2 Å². The molecule has 1 unspecified atom stereocenters. The zero-order chi connectivity index (χ0) is 21.4. The first-order valence-electron chi connectivity index (χ1n) is 10.0. The number of fused-ring (bicyclic) bond motifs is 2. The number of rotatable bonds is 5. The van der Waals surface area contributed by atoms with Crippen LogP contribution in [0.25, 0.3) is 21.9 Å². The molecule has 0 N–H and O–H groups in total. The SMILES string of the molecule is O=c1cc(CSc2nc3ccccc3c(=O)n2CC2CCCO2)c2ccc(Br)cc2o1. The van der Waals surface area contributed by atoms with Crippen LogP contribution in [-0.2, 0) is 17.0 Å². The second kappa shape index (κ2) is 8.61. The zero-order valence-corrected chi connectivity index (χ0v) is 18.9. The highest BCUT2D eigenvalue weighted by atomic mass is 79.9. The number of thioether (sulfide) groups is 1. The molecule has 4 aromatic rings. The number of nitrogens with zero attached hydrogens (tertiary/aromatic N) is 2. The average Bonchev–Trinajstić information content (AvgIpc) is 3.27. The van der Waals surface area contributed by atoms with Gasteiger partial charge in [-0.25, -0.2) is 9.78 Å². The van der Waals surface area contributed by atoms with Gasteiger partial charge in [-0.1, -0.05) is 39.8 Å². The highest BCUT2D eigenvalue weighted by Crippen LogP contribution is 2.28. The molecule has 2 aromatic heterocycles. The van der Waals surface area contributed by atoms with E-state index in [9.17, 15) is 9.59 Å². The molecule has 1 fully saturated rings. The lowest BCUT2D eigenvalue weighted by Gasteiger charge is -2.16. The van der Waals surface area contributed by atoms with E-state index in [2.05, 4.69) is 15.9 Å². The molecule has 158 valence electrons. The Morgan fingerprint density at radius 2 is 2.00 bits per heavy atom. The smallest absolute Gasteiger partial charge is 0.336 e. The van der Waals surface area contributed by atoms with Crippen LogP contribution in [0.5, 0.6) is 0 Å². The van der Waals surface area contributed by atoms with E-state index < -0.39 is 5.63 Å². The van der Waals surface area contributed by atoms with E-state index in [1.165, 1.54) is 17.8 Å². The number of para-hydroxylation sites is 1. The summed E-state index contributed by atoms with van der Waals surface area (Å²) < 4.78 is 13.7. The van der Waals surface area contributed by atoms with Crippen molar-refractivity contribution < 1.29 is 9.15 Å². The Morgan fingerprint density at radius 1 is 1.13 bits per heavy atom. The van der Waals surface area contributed by atoms with Crippen LogP contribution in [0, 0.1) is 0 Å². The molecule has 3 heterocycles. The van der Waals surface area contributed by atoms with Crippen LogP contribution in [0.1, 0.15) is 18.4 Å². The Bertz CT molecular complexity index is 1390. The fourth-order valence-corrected chi connectivity index (χ4v) is 5.22. The van der Waals surface area contributed by atoms with Crippen molar-refractivity contribution in [3.05, 3.63) is 79.3 Å². The van der Waals surface area contributed by atoms with Gasteiger partial charge in [0.25, 0.3) is 5.56 Å². The van der Waals surface area contributed by atoms with Gasteiger partial charge >= 0.3 is 5.63 Å². The third-order valence-electron chi connectivity index (χ3n) is 5.39. The average molecular weight is 499 g/mol. The molecule has 0 amide bonds. The number of halogens is 1. The van der Waals surface area contributed by atoms with Gasteiger partial charge in [-0.15, -0.1) is 0 Å². The first-order valence-corrected chi connectivity index (χ1v) is 11.8. The normalized spacial score (nSPS) is 16.4. The topological polar surface area (TPSA) is 74.3 Å². The summed E-state index contributed by atoms with van der Waals surface area (Å²) in [5.41, 5.74) is 1.57. The summed E-state index contributed by atoms with van der Waals surface area (Å²) in [7, 11) is 0. The van der Waals surface area contributed by atoms with E-state index in [1.54, 1.807) is 16.7 Å². The number of ether oxygens (including phenoxy) is 1. The molecule has 0 aliphatic carbocycles. The summed E-state index contributed by atoms with van der Waals surface area (Å²) in [5, 5.41) is 2.09. The van der Waals surface area contributed by atoms with Gasteiger partial charge in [-0.05, 0) is 48.7 Å². The maximum atomic E-state index is 13.2. The highest BCUT2D eigenvalue weighted by Gasteiger charge is 2.20. The fourth-order valence-electron chi connectivity index (χ4n) is 3.88. The van der Waals surface area contributed by atoms with Gasteiger partial charge in [0, 0.05) is 28.3 Å². The van der Waals surface area contributed by atoms with E-state index in [1.807, 2.05) is 30.3 Å². The molecule has 0 spiro atoms. The summed E-state index contributed by atoms with van der Waals surface area (Å²) in [6.07, 6.45) is 1.95. The van der Waals surface area contributed by atoms with Crippen LogP contribution in [0.4, 0.5) is 0 Å². The summed E-state index contributed by atoms with van der Waals surface area (Å²) in [5.74, 6) is 0.486. The standard InChI is InChI=1S/C23H19BrN2O4S/c24-15-7-8-17-14(10-21(27)30-20(17)11-15)13-31-23-25-19-6-2-1-5-18(19)22(28)26(23)12-16-4-3-9-29-16/h1-2,5-8,10-11,16H,3-4,9,12-13H2. The number of hydrogen-bond acceptors (Lipinski definition) is 6. The van der Waals surface area contributed by atoms with Crippen molar-refractivity contribution in [2.75, 3.05) is 6.61 Å². The molecule has 2 aromatic carbocycles. The van der Waals surface area contributed by atoms with E-state index in [-0.39, 0.29) is 11.7 Å². The summed E-state index contributed by atoms with van der Waals surface area (Å²) in [6, 6.07) is 14.5. The highest BCUT2D eigenvalue weighted by molar-refractivity contribution is 9.10. The van der Waals surface area contributed by atoms with Gasteiger partial charge in [0.05, 0.1) is 23.6 Å². The minimum absolute atomic E-state index is 0.0157. The molecule has 1 atom stereocenters. The Hall–Kier alpha value is -2.42. The van der Waals surface area contributed by atoms with Crippen LogP contribution in [0.2, 0.25) is 0 Å². The Morgan fingerprint density at radius 3 is 2.84 bits per heavy atom. The van der Waals surface area contributed by atoms with Gasteiger partial charge in [0.2, 0.25) is 0 Å². The molecular weight excluding hydrogens is 480 g/mol. The van der Waals surface area contributed by atoms with Gasteiger partial charge in [0.15, 0.2) is 5.16 Å². The second-order valence-corrected chi connectivity index (χ2v) is 9.34. The Labute approximate surface area is 190 Å². The summed E-state index contributed by atoms with van der Waals surface area (Å²) in [4.78, 5) is 30.1. The zero-order valence-electron chi connectivity index (χ0n) is 16.5. The number of benzene rings is 2. The molecule has 0 radical (unpaired) electrons. The van der Waals surface area contributed by atoms with Crippen molar-refractivity contribution in [1.82, 2.24) is 9.55 Å². The monoisotopic (exact) mass is 498 g/mol. The lowest BCUT2D eigenvalue weighted by molar-refractivity contribution is 0.0937. The predicted molar refractivity (Wildman–Crippen MR) is 125 cm³/mol. The molecule has 5 rings (SSSR count). The molecule has 0 bridgehead atoms. The van der Waals surface area contributed by atoms with Crippen molar-refractivity contribution in [3.8, 4) is 0 Å². The van der Waals surface area contributed by atoms with Crippen LogP contribution in [-0.4, -0.2) is 22.3 Å². The lowest BCUT2D eigenvalue weighted by Crippen LogP contribution is -2.28. The van der Waals surface area contributed by atoms with E-state index >= 15 is 0 Å². The molecule has 0 saturated carbocycles. The lowest BCUT2D eigenvalue weighted by atomic mass is 10.1. The Kier molecular flexibility index (Phi) is 5.69. The first-order chi connectivity index (χ1) is 15.1. The summed E-state index contributed by atoms with van der Waals surface area (Å²) in [6.45, 7) is 1.20. The van der Waals surface area contributed by atoms with E-state index in [4.69, 9.17) is 14.1 Å². The number of hydrogen-bond donors (Lipinski definition) is 0. The van der Waals surface area contributed by atoms with Crippen LogP contribution in [0.15, 0.2) is 72.2 Å². The van der Waals surface area contributed by atoms with Gasteiger partial charge in [-0.3, -0.25) is 9.36 Å². The molecule has 8 heteroatoms. The second-order valence-electron chi connectivity index (χ2n) is 7.48. The molecule has 1 aliphatic rings. The van der Waals surface area contributed by atoms with Crippen LogP contribution in [0.3, 0.4) is 0 Å². The van der Waals surface area contributed by atoms with Crippen molar-refractivity contribution >= 4 is 49.6 Å². The first kappa shape index (κ1) is 20.5. The van der Waals surface area contributed by atoms with Gasteiger partial charge in [0.1, 0.15) is 5.58 Å². The fraction of sp³-hybridized carbons (Fsp3) is 0.261. The van der Waals surface area contributed by atoms with Crippen molar-refractivity contribution in [2.45, 2.75) is 36.4 Å². The van der Waals surface area contributed by atoms with Crippen molar-refractivity contribution in [3.63, 3.8) is 0 Å². The maximum absolute atomic E-state index is 13.2. The molecule has 1 saturated heterocycles. The van der Waals surface area contributed by atoms with Crippen LogP contribution >= 0.6 is 27.7 Å². The van der Waals surface area contributed by atoms with E-state index in [0.717, 1.165) is 34.9 Å². The van der Waals surface area contributed by atoms with Crippen molar-refractivity contribution in [1.29, 1.82) is 0 Å². The minimum Gasteiger partial charge on any atom is -0.423 e.